The van der Waals surface area contributed by atoms with Gasteiger partial charge in [0.25, 0.3) is 0 Å². The minimum Gasteiger partial charge on any atom is -0.341 e. The summed E-state index contributed by atoms with van der Waals surface area (Å²) in [6.45, 7) is 0.311. The molecule has 1 amide bonds. The predicted molar refractivity (Wildman–Crippen MR) is 90.9 cm³/mol. The van der Waals surface area contributed by atoms with Gasteiger partial charge in [0.1, 0.15) is 12.4 Å². The molecule has 1 aliphatic rings. The fourth-order valence-electron chi connectivity index (χ4n) is 2.92. The maximum atomic E-state index is 13.1. The molecular weight excluding hydrogens is 305 g/mol. The summed E-state index contributed by atoms with van der Waals surface area (Å²) in [6, 6.07) is 10.7. The number of halogens is 1. The van der Waals surface area contributed by atoms with E-state index in [1.807, 2.05) is 34.8 Å². The number of hydrogen-bond donors (Lipinski definition) is 0. The van der Waals surface area contributed by atoms with Gasteiger partial charge in [-0.15, -0.1) is 0 Å². The predicted octanol–water partition coefficient (Wildman–Crippen LogP) is 3.46. The van der Waals surface area contributed by atoms with Crippen molar-refractivity contribution < 1.29 is 9.18 Å². The molecule has 2 heterocycles. The van der Waals surface area contributed by atoms with Crippen LogP contribution in [0.15, 0.2) is 48.8 Å². The average molecular weight is 323 g/mol. The highest BCUT2D eigenvalue weighted by atomic mass is 19.1. The van der Waals surface area contributed by atoms with Crippen LogP contribution in [0.3, 0.4) is 0 Å². The second kappa shape index (κ2) is 5.74. The van der Waals surface area contributed by atoms with E-state index in [1.54, 1.807) is 18.3 Å². The number of amides is 1. The van der Waals surface area contributed by atoms with Crippen LogP contribution in [0.1, 0.15) is 12.8 Å². The smallest absolute Gasteiger partial charge is 0.242 e. The topological polar surface area (TPSA) is 38.1 Å². The first-order chi connectivity index (χ1) is 11.6. The highest BCUT2D eigenvalue weighted by Crippen LogP contribution is 2.27. The molecular formula is C19H18FN3O. The Kier molecular flexibility index (Phi) is 3.56. The molecule has 0 spiro atoms. The SMILES string of the molecule is CN(C(=O)Cn1ccc2ncc(-c3ccc(F)cc3)cc21)C1CC1. The number of carbonyl (C=O) groups is 1. The molecule has 0 N–H and O–H groups in total. The number of hydrogen-bond acceptors (Lipinski definition) is 2. The Hall–Kier alpha value is -2.69. The summed E-state index contributed by atoms with van der Waals surface area (Å²) >= 11 is 0. The van der Waals surface area contributed by atoms with E-state index in [0.717, 1.165) is 35.0 Å². The summed E-state index contributed by atoms with van der Waals surface area (Å²) in [5.74, 6) is -0.146. The average Bonchev–Trinajstić information content (AvgIpc) is 3.37. The quantitative estimate of drug-likeness (QED) is 0.737. The Morgan fingerprint density at radius 3 is 2.71 bits per heavy atom. The lowest BCUT2D eigenvalue weighted by Crippen LogP contribution is -2.31. The molecule has 0 radical (unpaired) electrons. The van der Waals surface area contributed by atoms with Gasteiger partial charge < -0.3 is 9.47 Å². The van der Waals surface area contributed by atoms with E-state index in [4.69, 9.17) is 0 Å². The van der Waals surface area contributed by atoms with Crippen LogP contribution in [0.5, 0.6) is 0 Å². The van der Waals surface area contributed by atoms with Crippen LogP contribution in [0.25, 0.3) is 22.2 Å². The highest BCUT2D eigenvalue weighted by Gasteiger charge is 2.29. The molecule has 0 atom stereocenters. The maximum absolute atomic E-state index is 13.1. The minimum absolute atomic E-state index is 0.113. The molecule has 0 aliphatic heterocycles. The van der Waals surface area contributed by atoms with Crippen molar-refractivity contribution >= 4 is 16.9 Å². The van der Waals surface area contributed by atoms with Crippen LogP contribution in [0.4, 0.5) is 4.39 Å². The van der Waals surface area contributed by atoms with Crippen molar-refractivity contribution in [1.82, 2.24) is 14.5 Å². The van der Waals surface area contributed by atoms with Gasteiger partial charge in [0.2, 0.25) is 5.91 Å². The van der Waals surface area contributed by atoms with Crippen LogP contribution in [-0.4, -0.2) is 33.4 Å². The lowest BCUT2D eigenvalue weighted by atomic mass is 10.1. The molecule has 4 nitrogen and oxygen atoms in total. The van der Waals surface area contributed by atoms with Crippen LogP contribution in [0, 0.1) is 5.82 Å². The first-order valence-corrected chi connectivity index (χ1v) is 8.08. The zero-order valence-corrected chi connectivity index (χ0v) is 13.4. The van der Waals surface area contributed by atoms with Crippen LogP contribution in [-0.2, 0) is 11.3 Å². The lowest BCUT2D eigenvalue weighted by Gasteiger charge is -2.17. The zero-order chi connectivity index (χ0) is 16.7. The number of likely N-dealkylation sites (N-methyl/N-ethyl adjacent to an activating group) is 1. The molecule has 122 valence electrons. The third-order valence-electron chi connectivity index (χ3n) is 4.59. The van der Waals surface area contributed by atoms with E-state index in [0.29, 0.717) is 12.6 Å². The Balaban J connectivity index is 1.65. The van der Waals surface area contributed by atoms with Gasteiger partial charge in [-0.3, -0.25) is 9.78 Å². The second-order valence-electron chi connectivity index (χ2n) is 6.31. The number of carbonyl (C=O) groups excluding carboxylic acids is 1. The summed E-state index contributed by atoms with van der Waals surface area (Å²) in [5.41, 5.74) is 3.57. The van der Waals surface area contributed by atoms with Crippen molar-refractivity contribution in [2.75, 3.05) is 7.05 Å². The first kappa shape index (κ1) is 14.9. The maximum Gasteiger partial charge on any atom is 0.242 e. The fraction of sp³-hybridized carbons (Fsp3) is 0.263. The molecule has 2 aromatic heterocycles. The van der Waals surface area contributed by atoms with E-state index in [9.17, 15) is 9.18 Å². The Bertz CT molecular complexity index is 897. The third-order valence-corrected chi connectivity index (χ3v) is 4.59. The Labute approximate surface area is 139 Å². The van der Waals surface area contributed by atoms with Crippen molar-refractivity contribution in [3.05, 3.63) is 54.6 Å². The number of pyridine rings is 1. The van der Waals surface area contributed by atoms with Gasteiger partial charge >= 0.3 is 0 Å². The number of aromatic nitrogens is 2. The standard InChI is InChI=1S/C19H18FN3O/c1-22(16-6-7-16)19(24)12-23-9-8-17-18(23)10-14(11-21-17)13-2-4-15(20)5-3-13/h2-5,8-11,16H,6-7,12H2,1H3. The van der Waals surface area contributed by atoms with Gasteiger partial charge in [-0.25, -0.2) is 4.39 Å². The van der Waals surface area contributed by atoms with Crippen molar-refractivity contribution in [1.29, 1.82) is 0 Å². The third kappa shape index (κ3) is 2.77. The Morgan fingerprint density at radius 1 is 1.25 bits per heavy atom. The minimum atomic E-state index is -0.259. The van der Waals surface area contributed by atoms with Gasteiger partial charge in [-0.05, 0) is 42.7 Å². The number of benzene rings is 1. The van der Waals surface area contributed by atoms with Crippen LogP contribution in [0.2, 0.25) is 0 Å². The molecule has 3 aromatic rings. The Morgan fingerprint density at radius 2 is 2.00 bits per heavy atom. The molecule has 0 unspecified atom stereocenters. The normalized spacial score (nSPS) is 14.1. The van der Waals surface area contributed by atoms with Gasteiger partial charge in [0.05, 0.1) is 11.0 Å². The van der Waals surface area contributed by atoms with Gasteiger partial charge in [-0.1, -0.05) is 12.1 Å². The molecule has 4 rings (SSSR count). The zero-order valence-electron chi connectivity index (χ0n) is 13.4. The first-order valence-electron chi connectivity index (χ1n) is 8.08. The monoisotopic (exact) mass is 323 g/mol. The molecule has 0 saturated heterocycles. The molecule has 5 heteroatoms. The van der Waals surface area contributed by atoms with Gasteiger partial charge in [-0.2, -0.15) is 0 Å². The number of nitrogens with zero attached hydrogens (tertiary/aromatic N) is 3. The number of fused-ring (bicyclic) bond motifs is 1. The van der Waals surface area contributed by atoms with Crippen molar-refractivity contribution in [2.45, 2.75) is 25.4 Å². The largest absolute Gasteiger partial charge is 0.341 e. The van der Waals surface area contributed by atoms with Crippen molar-refractivity contribution in [3.8, 4) is 11.1 Å². The van der Waals surface area contributed by atoms with Gasteiger partial charge in [0, 0.05) is 31.0 Å². The highest BCUT2D eigenvalue weighted by molar-refractivity contribution is 5.84. The van der Waals surface area contributed by atoms with Crippen molar-refractivity contribution in [3.63, 3.8) is 0 Å². The summed E-state index contributed by atoms with van der Waals surface area (Å²) in [5, 5.41) is 0. The molecule has 0 bridgehead atoms. The van der Waals surface area contributed by atoms with Crippen molar-refractivity contribution in [2.24, 2.45) is 0 Å². The van der Waals surface area contributed by atoms with Crippen LogP contribution >= 0.6 is 0 Å². The van der Waals surface area contributed by atoms with Crippen LogP contribution < -0.4 is 0 Å². The van der Waals surface area contributed by atoms with E-state index < -0.39 is 0 Å². The summed E-state index contributed by atoms with van der Waals surface area (Å²) in [6.07, 6.45) is 5.87. The van der Waals surface area contributed by atoms with E-state index >= 15 is 0 Å². The van der Waals surface area contributed by atoms with E-state index in [1.165, 1.54) is 12.1 Å². The fourth-order valence-corrected chi connectivity index (χ4v) is 2.92. The summed E-state index contributed by atoms with van der Waals surface area (Å²) in [4.78, 5) is 18.7. The molecule has 24 heavy (non-hydrogen) atoms. The summed E-state index contributed by atoms with van der Waals surface area (Å²) in [7, 11) is 1.87. The molecule has 1 saturated carbocycles. The lowest BCUT2D eigenvalue weighted by molar-refractivity contribution is -0.130. The van der Waals surface area contributed by atoms with E-state index in [-0.39, 0.29) is 11.7 Å². The number of rotatable bonds is 4. The van der Waals surface area contributed by atoms with E-state index in [2.05, 4.69) is 4.98 Å². The van der Waals surface area contributed by atoms with Gasteiger partial charge in [0.15, 0.2) is 0 Å². The molecule has 1 fully saturated rings. The second-order valence-corrected chi connectivity index (χ2v) is 6.31. The molecule has 1 aromatic carbocycles. The molecule has 1 aliphatic carbocycles. The summed E-state index contributed by atoms with van der Waals surface area (Å²) < 4.78 is 15.0.